The quantitative estimate of drug-likeness (QED) is 0.527. The third-order valence-electron chi connectivity index (χ3n) is 2.02. The maximum atomic E-state index is 11.0. The number of methoxy groups -OCH3 is 2. The summed E-state index contributed by atoms with van der Waals surface area (Å²) < 4.78 is 9.02. The molecule has 1 saturated carbocycles. The number of rotatable bonds is 5. The normalized spacial score (nSPS) is 15.7. The van der Waals surface area contributed by atoms with Gasteiger partial charge in [0.2, 0.25) is 0 Å². The van der Waals surface area contributed by atoms with Crippen molar-refractivity contribution < 1.29 is 19.1 Å². The minimum Gasteiger partial charge on any atom is -0.469 e. The second-order valence-electron chi connectivity index (χ2n) is 3.36. The standard InChI is InChI=1S/C10H15NO4/c1-14-9(12)5-8(6-10(13)15-2)11-7-3-4-7/h5,7,11H,3-4,6H2,1-2H3. The van der Waals surface area contributed by atoms with E-state index in [-0.39, 0.29) is 12.4 Å². The summed E-state index contributed by atoms with van der Waals surface area (Å²) in [4.78, 5) is 22.0. The first kappa shape index (κ1) is 11.6. The number of carbonyl (C=O) groups excluding carboxylic acids is 2. The maximum absolute atomic E-state index is 11.0. The van der Waals surface area contributed by atoms with Gasteiger partial charge in [0.05, 0.1) is 20.6 Å². The molecule has 0 aromatic carbocycles. The highest BCUT2D eigenvalue weighted by molar-refractivity contribution is 5.84. The van der Waals surface area contributed by atoms with E-state index in [1.54, 1.807) is 0 Å². The molecular formula is C10H15NO4. The van der Waals surface area contributed by atoms with Crippen molar-refractivity contribution in [3.05, 3.63) is 11.8 Å². The highest BCUT2D eigenvalue weighted by Crippen LogP contribution is 2.21. The Balaban J connectivity index is 2.54. The van der Waals surface area contributed by atoms with Crippen LogP contribution in [-0.4, -0.2) is 32.2 Å². The topological polar surface area (TPSA) is 64.6 Å². The fourth-order valence-electron chi connectivity index (χ4n) is 1.06. The summed E-state index contributed by atoms with van der Waals surface area (Å²) in [6.07, 6.45) is 3.50. The van der Waals surface area contributed by atoms with Gasteiger partial charge >= 0.3 is 11.9 Å². The molecule has 84 valence electrons. The average Bonchev–Trinajstić information content (AvgIpc) is 3.01. The molecule has 1 aliphatic carbocycles. The molecule has 0 saturated heterocycles. The van der Waals surface area contributed by atoms with Gasteiger partial charge in [-0.25, -0.2) is 4.79 Å². The highest BCUT2D eigenvalue weighted by atomic mass is 16.5. The van der Waals surface area contributed by atoms with Crippen LogP contribution >= 0.6 is 0 Å². The van der Waals surface area contributed by atoms with Gasteiger partial charge in [-0.1, -0.05) is 0 Å². The summed E-state index contributed by atoms with van der Waals surface area (Å²) >= 11 is 0. The molecule has 1 aliphatic rings. The zero-order valence-corrected chi connectivity index (χ0v) is 8.91. The molecule has 1 fully saturated rings. The van der Waals surface area contributed by atoms with Crippen LogP contribution in [0.3, 0.4) is 0 Å². The molecule has 0 atom stereocenters. The van der Waals surface area contributed by atoms with E-state index in [4.69, 9.17) is 0 Å². The van der Waals surface area contributed by atoms with Gasteiger partial charge in [0.15, 0.2) is 0 Å². The van der Waals surface area contributed by atoms with Gasteiger partial charge in [-0.15, -0.1) is 0 Å². The second kappa shape index (κ2) is 5.38. The SMILES string of the molecule is COC(=O)C=C(CC(=O)OC)NC1CC1. The van der Waals surface area contributed by atoms with E-state index in [1.807, 2.05) is 0 Å². The fraction of sp³-hybridized carbons (Fsp3) is 0.600. The molecule has 0 spiro atoms. The molecule has 0 heterocycles. The summed E-state index contributed by atoms with van der Waals surface area (Å²) in [6.45, 7) is 0. The molecule has 1 N–H and O–H groups in total. The predicted octanol–water partition coefficient (Wildman–Crippen LogP) is 0.358. The first-order chi connectivity index (χ1) is 7.15. The van der Waals surface area contributed by atoms with Crippen molar-refractivity contribution in [2.75, 3.05) is 14.2 Å². The number of carbonyl (C=O) groups is 2. The molecular weight excluding hydrogens is 198 g/mol. The molecule has 0 amide bonds. The van der Waals surface area contributed by atoms with Gasteiger partial charge in [0.1, 0.15) is 0 Å². The molecule has 0 radical (unpaired) electrons. The lowest BCUT2D eigenvalue weighted by atomic mass is 10.3. The lowest BCUT2D eigenvalue weighted by molar-refractivity contribution is -0.139. The van der Waals surface area contributed by atoms with E-state index in [2.05, 4.69) is 14.8 Å². The molecule has 0 bridgehead atoms. The van der Waals surface area contributed by atoms with Crippen LogP contribution in [0.5, 0.6) is 0 Å². The zero-order valence-electron chi connectivity index (χ0n) is 8.91. The predicted molar refractivity (Wildman–Crippen MR) is 52.9 cm³/mol. The van der Waals surface area contributed by atoms with Crippen LogP contribution in [0.15, 0.2) is 11.8 Å². The highest BCUT2D eigenvalue weighted by Gasteiger charge is 2.23. The molecule has 0 aliphatic heterocycles. The summed E-state index contributed by atoms with van der Waals surface area (Å²) in [5.41, 5.74) is 0.552. The van der Waals surface area contributed by atoms with E-state index in [0.29, 0.717) is 11.7 Å². The van der Waals surface area contributed by atoms with E-state index >= 15 is 0 Å². The van der Waals surface area contributed by atoms with E-state index < -0.39 is 5.97 Å². The van der Waals surface area contributed by atoms with Crippen LogP contribution in [0.4, 0.5) is 0 Å². The smallest absolute Gasteiger partial charge is 0.332 e. The van der Waals surface area contributed by atoms with Gasteiger partial charge in [-0.2, -0.15) is 0 Å². The first-order valence-corrected chi connectivity index (χ1v) is 4.77. The molecule has 5 heteroatoms. The summed E-state index contributed by atoms with van der Waals surface area (Å²) in [5.74, 6) is -0.847. The molecule has 0 aromatic heterocycles. The monoisotopic (exact) mass is 213 g/mol. The average molecular weight is 213 g/mol. The van der Waals surface area contributed by atoms with Crippen molar-refractivity contribution in [3.63, 3.8) is 0 Å². The van der Waals surface area contributed by atoms with Crippen LogP contribution in [0.1, 0.15) is 19.3 Å². The lowest BCUT2D eigenvalue weighted by Crippen LogP contribution is -2.20. The minimum atomic E-state index is -0.470. The first-order valence-electron chi connectivity index (χ1n) is 4.77. The van der Waals surface area contributed by atoms with Gasteiger partial charge in [0, 0.05) is 17.8 Å². The fourth-order valence-corrected chi connectivity index (χ4v) is 1.06. The van der Waals surface area contributed by atoms with Crippen molar-refractivity contribution >= 4 is 11.9 Å². The van der Waals surface area contributed by atoms with E-state index in [1.165, 1.54) is 20.3 Å². The van der Waals surface area contributed by atoms with Crippen LogP contribution in [0.25, 0.3) is 0 Å². The Morgan fingerprint density at radius 3 is 2.47 bits per heavy atom. The van der Waals surface area contributed by atoms with Gasteiger partial charge < -0.3 is 14.8 Å². The maximum Gasteiger partial charge on any atom is 0.332 e. The Kier molecular flexibility index (Phi) is 4.15. The number of hydrogen-bond donors (Lipinski definition) is 1. The molecule has 1 rings (SSSR count). The third-order valence-corrected chi connectivity index (χ3v) is 2.02. The summed E-state index contributed by atoms with van der Waals surface area (Å²) in [6, 6.07) is 0.380. The lowest BCUT2D eigenvalue weighted by Gasteiger charge is -2.08. The van der Waals surface area contributed by atoms with Crippen LogP contribution < -0.4 is 5.32 Å². The van der Waals surface area contributed by atoms with E-state index in [0.717, 1.165) is 12.8 Å². The number of hydrogen-bond acceptors (Lipinski definition) is 5. The molecule has 0 aromatic rings. The summed E-state index contributed by atoms with van der Waals surface area (Å²) in [7, 11) is 2.61. The number of nitrogens with one attached hydrogen (secondary N) is 1. The van der Waals surface area contributed by atoms with Crippen molar-refractivity contribution in [2.45, 2.75) is 25.3 Å². The van der Waals surface area contributed by atoms with Crippen LogP contribution in [0, 0.1) is 0 Å². The minimum absolute atomic E-state index is 0.0715. The third kappa shape index (κ3) is 4.49. The Morgan fingerprint density at radius 2 is 2.00 bits per heavy atom. The molecule has 15 heavy (non-hydrogen) atoms. The largest absolute Gasteiger partial charge is 0.469 e. The molecule has 0 unspecified atom stereocenters. The Hall–Kier alpha value is -1.52. The van der Waals surface area contributed by atoms with Gasteiger partial charge in [0.25, 0.3) is 0 Å². The van der Waals surface area contributed by atoms with Crippen LogP contribution in [-0.2, 0) is 19.1 Å². The van der Waals surface area contributed by atoms with Crippen molar-refractivity contribution in [3.8, 4) is 0 Å². The second-order valence-corrected chi connectivity index (χ2v) is 3.36. The van der Waals surface area contributed by atoms with Crippen molar-refractivity contribution in [1.29, 1.82) is 0 Å². The zero-order chi connectivity index (χ0) is 11.3. The number of ether oxygens (including phenoxy) is 2. The Labute approximate surface area is 88.4 Å². The van der Waals surface area contributed by atoms with E-state index in [9.17, 15) is 9.59 Å². The van der Waals surface area contributed by atoms with Crippen molar-refractivity contribution in [2.24, 2.45) is 0 Å². The van der Waals surface area contributed by atoms with Crippen molar-refractivity contribution in [1.82, 2.24) is 5.32 Å². The number of esters is 2. The van der Waals surface area contributed by atoms with Gasteiger partial charge in [-0.3, -0.25) is 4.79 Å². The summed E-state index contributed by atoms with van der Waals surface area (Å²) in [5, 5.41) is 3.08. The Morgan fingerprint density at radius 1 is 1.33 bits per heavy atom. The Bertz CT molecular complexity index is 281. The van der Waals surface area contributed by atoms with Gasteiger partial charge in [-0.05, 0) is 12.8 Å². The molecule has 5 nitrogen and oxygen atoms in total. The van der Waals surface area contributed by atoms with Crippen LogP contribution in [0.2, 0.25) is 0 Å².